The van der Waals surface area contributed by atoms with Crippen molar-refractivity contribution < 1.29 is 13.2 Å². The van der Waals surface area contributed by atoms with E-state index >= 15 is 0 Å². The lowest BCUT2D eigenvalue weighted by Gasteiger charge is -2.05. The number of nitrogens with two attached hydrogens (primary N) is 1. The van der Waals surface area contributed by atoms with Gasteiger partial charge in [-0.25, -0.2) is 13.2 Å². The summed E-state index contributed by atoms with van der Waals surface area (Å²) in [7, 11) is -3.59. The first kappa shape index (κ1) is 13.0. The third-order valence-corrected chi connectivity index (χ3v) is 4.13. The van der Waals surface area contributed by atoms with Gasteiger partial charge in [-0.05, 0) is 36.4 Å². The zero-order valence-electron chi connectivity index (χ0n) is 9.78. The second-order valence-corrected chi connectivity index (χ2v) is 5.66. The Hall–Kier alpha value is -2.41. The summed E-state index contributed by atoms with van der Waals surface area (Å²) in [5, 5.41) is 2.35. The van der Waals surface area contributed by atoms with Crippen LogP contribution in [0.2, 0.25) is 0 Å². The molecular formula is C12H11N3O3S. The van der Waals surface area contributed by atoms with Gasteiger partial charge in [0, 0.05) is 18.1 Å². The van der Waals surface area contributed by atoms with Gasteiger partial charge >= 0.3 is 6.03 Å². The van der Waals surface area contributed by atoms with E-state index in [0.717, 1.165) is 0 Å². The average Bonchev–Trinajstić information content (AvgIpc) is 2.40. The molecule has 0 spiro atoms. The normalized spacial score (nSPS) is 10.9. The minimum absolute atomic E-state index is 0.116. The Balaban J connectivity index is 2.35. The fourth-order valence-electron chi connectivity index (χ4n) is 1.50. The van der Waals surface area contributed by atoms with Crippen molar-refractivity contribution in [3.05, 3.63) is 48.8 Å². The molecule has 2 rings (SSSR count). The van der Waals surface area contributed by atoms with E-state index in [0.29, 0.717) is 5.69 Å². The van der Waals surface area contributed by atoms with Crippen LogP contribution in [0.15, 0.2) is 58.6 Å². The van der Waals surface area contributed by atoms with Crippen molar-refractivity contribution in [3.8, 4) is 0 Å². The standard InChI is InChI=1S/C12H11N3O3S/c13-12(16)15-9-3-5-10(6-4-9)19(17,18)11-2-1-7-14-8-11/h1-8H,(H3,13,15,16). The lowest BCUT2D eigenvalue weighted by Crippen LogP contribution is -2.19. The van der Waals surface area contributed by atoms with Crippen LogP contribution in [0.1, 0.15) is 0 Å². The maximum Gasteiger partial charge on any atom is 0.316 e. The molecule has 0 unspecified atom stereocenters. The lowest BCUT2D eigenvalue weighted by molar-refractivity contribution is 0.259. The fraction of sp³-hybridized carbons (Fsp3) is 0. The summed E-state index contributed by atoms with van der Waals surface area (Å²) in [6.07, 6.45) is 2.78. The van der Waals surface area contributed by atoms with Crippen LogP contribution in [-0.4, -0.2) is 19.4 Å². The molecule has 0 saturated heterocycles. The molecule has 2 aromatic rings. The molecule has 1 heterocycles. The predicted octanol–water partition coefficient (Wildman–Crippen LogP) is 1.41. The highest BCUT2D eigenvalue weighted by Crippen LogP contribution is 2.21. The van der Waals surface area contributed by atoms with Crippen LogP contribution in [0.25, 0.3) is 0 Å². The summed E-state index contributed by atoms with van der Waals surface area (Å²) in [4.78, 5) is 14.7. The summed E-state index contributed by atoms with van der Waals surface area (Å²) >= 11 is 0. The van der Waals surface area contributed by atoms with Gasteiger partial charge in [-0.1, -0.05) is 0 Å². The van der Waals surface area contributed by atoms with Crippen LogP contribution in [0.5, 0.6) is 0 Å². The zero-order chi connectivity index (χ0) is 13.9. The average molecular weight is 277 g/mol. The highest BCUT2D eigenvalue weighted by atomic mass is 32.2. The summed E-state index contributed by atoms with van der Waals surface area (Å²) in [6.45, 7) is 0. The van der Waals surface area contributed by atoms with Gasteiger partial charge in [-0.15, -0.1) is 0 Å². The largest absolute Gasteiger partial charge is 0.351 e. The van der Waals surface area contributed by atoms with Crippen molar-refractivity contribution in [3.63, 3.8) is 0 Å². The molecular weight excluding hydrogens is 266 g/mol. The molecule has 0 aliphatic heterocycles. The Labute approximate surface area is 110 Å². The molecule has 7 heteroatoms. The number of primary amides is 1. The SMILES string of the molecule is NC(=O)Nc1ccc(S(=O)(=O)c2cccnc2)cc1. The molecule has 0 fully saturated rings. The number of rotatable bonds is 3. The molecule has 2 amide bonds. The minimum Gasteiger partial charge on any atom is -0.351 e. The van der Waals surface area contributed by atoms with Gasteiger partial charge in [0.2, 0.25) is 9.84 Å². The lowest BCUT2D eigenvalue weighted by atomic mass is 10.3. The summed E-state index contributed by atoms with van der Waals surface area (Å²) in [5.74, 6) is 0. The topological polar surface area (TPSA) is 102 Å². The van der Waals surface area contributed by atoms with E-state index in [4.69, 9.17) is 5.73 Å². The van der Waals surface area contributed by atoms with Gasteiger partial charge in [0.25, 0.3) is 0 Å². The van der Waals surface area contributed by atoms with E-state index in [2.05, 4.69) is 10.3 Å². The van der Waals surface area contributed by atoms with Crippen LogP contribution in [0, 0.1) is 0 Å². The Morgan fingerprint density at radius 2 is 1.79 bits per heavy atom. The van der Waals surface area contributed by atoms with Crippen molar-refractivity contribution in [1.29, 1.82) is 0 Å². The van der Waals surface area contributed by atoms with Gasteiger partial charge in [0.1, 0.15) is 0 Å². The van der Waals surface area contributed by atoms with E-state index in [-0.39, 0.29) is 9.79 Å². The summed E-state index contributed by atoms with van der Waals surface area (Å²) in [6, 6.07) is 8.04. The molecule has 6 nitrogen and oxygen atoms in total. The first-order chi connectivity index (χ1) is 9.00. The minimum atomic E-state index is -3.59. The molecule has 0 aliphatic carbocycles. The molecule has 3 N–H and O–H groups in total. The van der Waals surface area contributed by atoms with E-state index in [9.17, 15) is 13.2 Å². The van der Waals surface area contributed by atoms with Crippen LogP contribution in [-0.2, 0) is 9.84 Å². The third kappa shape index (κ3) is 2.89. The quantitative estimate of drug-likeness (QED) is 0.885. The number of carbonyl (C=O) groups excluding carboxylic acids is 1. The molecule has 1 aromatic heterocycles. The first-order valence-electron chi connectivity index (χ1n) is 5.32. The monoisotopic (exact) mass is 277 g/mol. The number of benzene rings is 1. The van der Waals surface area contributed by atoms with Crippen molar-refractivity contribution in [1.82, 2.24) is 4.98 Å². The summed E-state index contributed by atoms with van der Waals surface area (Å²) in [5.41, 5.74) is 5.39. The zero-order valence-corrected chi connectivity index (χ0v) is 10.6. The molecule has 0 saturated carbocycles. The third-order valence-electron chi connectivity index (χ3n) is 2.38. The maximum atomic E-state index is 12.2. The highest BCUT2D eigenvalue weighted by molar-refractivity contribution is 7.91. The fourth-order valence-corrected chi connectivity index (χ4v) is 2.73. The Kier molecular flexibility index (Phi) is 3.48. The number of carbonyl (C=O) groups is 1. The molecule has 1 aromatic carbocycles. The molecule has 0 aliphatic rings. The number of anilines is 1. The Bertz CT molecular complexity index is 682. The maximum absolute atomic E-state index is 12.2. The van der Waals surface area contributed by atoms with Gasteiger partial charge in [-0.2, -0.15) is 0 Å². The second kappa shape index (κ2) is 5.07. The molecule has 19 heavy (non-hydrogen) atoms. The number of nitrogens with one attached hydrogen (secondary N) is 1. The number of sulfone groups is 1. The number of hydrogen-bond donors (Lipinski definition) is 2. The Morgan fingerprint density at radius 1 is 1.11 bits per heavy atom. The van der Waals surface area contributed by atoms with Gasteiger partial charge in [-0.3, -0.25) is 4.98 Å². The van der Waals surface area contributed by atoms with E-state index < -0.39 is 15.9 Å². The van der Waals surface area contributed by atoms with Crippen molar-refractivity contribution >= 4 is 21.6 Å². The van der Waals surface area contributed by atoms with Gasteiger partial charge in [0.15, 0.2) is 0 Å². The molecule has 0 atom stereocenters. The van der Waals surface area contributed by atoms with Crippen molar-refractivity contribution in [2.75, 3.05) is 5.32 Å². The number of aromatic nitrogens is 1. The number of nitrogens with zero attached hydrogens (tertiary/aromatic N) is 1. The van der Waals surface area contributed by atoms with Gasteiger partial charge < -0.3 is 11.1 Å². The molecule has 98 valence electrons. The molecule has 0 bridgehead atoms. The number of pyridine rings is 1. The van der Waals surface area contributed by atoms with Crippen LogP contribution < -0.4 is 11.1 Å². The van der Waals surface area contributed by atoms with Crippen molar-refractivity contribution in [2.45, 2.75) is 9.79 Å². The van der Waals surface area contributed by atoms with Crippen LogP contribution >= 0.6 is 0 Å². The Morgan fingerprint density at radius 3 is 2.32 bits per heavy atom. The van der Waals surface area contributed by atoms with Crippen LogP contribution in [0.4, 0.5) is 10.5 Å². The number of hydrogen-bond acceptors (Lipinski definition) is 4. The van der Waals surface area contributed by atoms with Crippen molar-refractivity contribution in [2.24, 2.45) is 5.73 Å². The first-order valence-corrected chi connectivity index (χ1v) is 6.80. The number of urea groups is 1. The second-order valence-electron chi connectivity index (χ2n) is 3.71. The van der Waals surface area contributed by atoms with E-state index in [1.807, 2.05) is 0 Å². The summed E-state index contributed by atoms with van der Waals surface area (Å²) < 4.78 is 24.4. The predicted molar refractivity (Wildman–Crippen MR) is 69.3 cm³/mol. The smallest absolute Gasteiger partial charge is 0.316 e. The number of amides is 2. The molecule has 0 radical (unpaired) electrons. The van der Waals surface area contributed by atoms with Crippen LogP contribution in [0.3, 0.4) is 0 Å². The van der Waals surface area contributed by atoms with E-state index in [1.165, 1.54) is 42.7 Å². The van der Waals surface area contributed by atoms with Gasteiger partial charge in [0.05, 0.1) is 9.79 Å². The highest BCUT2D eigenvalue weighted by Gasteiger charge is 2.17. The van der Waals surface area contributed by atoms with E-state index in [1.54, 1.807) is 6.07 Å².